The summed E-state index contributed by atoms with van der Waals surface area (Å²) < 4.78 is 47.9. The molecule has 7 nitrogen and oxygen atoms in total. The largest absolute Gasteiger partial charge is 0.431 e. The minimum Gasteiger partial charge on any atom is -0.398 e. The Balaban J connectivity index is 0. The summed E-state index contributed by atoms with van der Waals surface area (Å²) in [6.45, 7) is 8.26. The van der Waals surface area contributed by atoms with E-state index >= 15 is 0 Å². The highest BCUT2D eigenvalue weighted by Crippen LogP contribution is 2.22. The van der Waals surface area contributed by atoms with E-state index in [1.165, 1.54) is 31.3 Å². The van der Waals surface area contributed by atoms with Gasteiger partial charge in [0.1, 0.15) is 5.71 Å². The number of allylic oxidation sites excluding steroid dienone is 2. The standard InChI is InChI=1S/C15H12F3N3O2S.C4H6.CH5N.CH3OP/c16-15(17,18)13(8-11(22)12-6-3-7-24-12)20-21-14(23)9-4-1-2-5-10(9)19;1-3-4-2;1-2;1-3-2/h1-7H,8,19H2,(H,21,23);3-4H,1-2H2;2H2,1H3;1H3/b20-13-;;;. The van der Waals surface area contributed by atoms with E-state index in [4.69, 9.17) is 10.3 Å². The average Bonchev–Trinajstić information content (AvgIpc) is 3.33. The molecule has 0 saturated heterocycles. The zero-order chi connectivity index (χ0) is 25.9. The Hall–Kier alpha value is -3.14. The van der Waals surface area contributed by atoms with Crippen molar-refractivity contribution in [3.63, 3.8) is 0 Å². The molecule has 0 fully saturated rings. The van der Waals surface area contributed by atoms with Crippen molar-refractivity contribution in [1.82, 2.24) is 5.43 Å². The van der Waals surface area contributed by atoms with Crippen molar-refractivity contribution < 1.29 is 27.3 Å². The highest BCUT2D eigenvalue weighted by Gasteiger charge is 2.37. The molecule has 33 heavy (non-hydrogen) atoms. The van der Waals surface area contributed by atoms with Crippen LogP contribution in [-0.4, -0.2) is 37.3 Å². The number of nitrogens with one attached hydrogen (secondary N) is 1. The molecule has 0 radical (unpaired) electrons. The lowest BCUT2D eigenvalue weighted by atomic mass is 10.1. The molecule has 180 valence electrons. The van der Waals surface area contributed by atoms with Gasteiger partial charge in [-0.05, 0) is 30.6 Å². The summed E-state index contributed by atoms with van der Waals surface area (Å²) >= 11 is 1.03. The van der Waals surface area contributed by atoms with Crippen molar-refractivity contribution in [3.8, 4) is 0 Å². The van der Waals surface area contributed by atoms with E-state index in [0.29, 0.717) is 0 Å². The van der Waals surface area contributed by atoms with Crippen LogP contribution in [0.1, 0.15) is 26.5 Å². The Kier molecular flexibility index (Phi) is 17.9. The number of hydrazone groups is 1. The minimum atomic E-state index is -4.84. The second-order valence-corrected chi connectivity index (χ2v) is 6.63. The van der Waals surface area contributed by atoms with Crippen molar-refractivity contribution in [3.05, 3.63) is 77.5 Å². The molecule has 0 spiro atoms. The fourth-order valence-corrected chi connectivity index (χ4v) is 2.43. The van der Waals surface area contributed by atoms with Gasteiger partial charge < -0.3 is 11.5 Å². The minimum absolute atomic E-state index is 0.00708. The summed E-state index contributed by atoms with van der Waals surface area (Å²) in [6, 6.07) is 8.86. The van der Waals surface area contributed by atoms with E-state index in [1.807, 2.05) is 0 Å². The first-order valence-electron chi connectivity index (χ1n) is 9.00. The molecule has 0 saturated carbocycles. The van der Waals surface area contributed by atoms with E-state index in [1.54, 1.807) is 41.8 Å². The number of rotatable bonds is 6. The lowest BCUT2D eigenvalue weighted by Gasteiger charge is -2.10. The normalized spacial score (nSPS) is 10.2. The third-order valence-corrected chi connectivity index (χ3v) is 4.03. The van der Waals surface area contributed by atoms with Gasteiger partial charge in [-0.2, -0.15) is 18.3 Å². The molecule has 2 rings (SSSR count). The maximum Gasteiger partial charge on any atom is 0.431 e. The van der Waals surface area contributed by atoms with Crippen LogP contribution in [0.25, 0.3) is 0 Å². The van der Waals surface area contributed by atoms with E-state index in [9.17, 15) is 22.8 Å². The molecule has 1 aromatic carbocycles. The van der Waals surface area contributed by atoms with Gasteiger partial charge in [0.25, 0.3) is 5.91 Å². The van der Waals surface area contributed by atoms with Crippen LogP contribution < -0.4 is 16.9 Å². The number of halogens is 3. The third-order valence-electron chi connectivity index (χ3n) is 3.12. The molecule has 0 bridgehead atoms. The number of hydrogen-bond acceptors (Lipinski definition) is 7. The van der Waals surface area contributed by atoms with E-state index in [-0.39, 0.29) is 24.6 Å². The second-order valence-electron chi connectivity index (χ2n) is 5.32. The van der Waals surface area contributed by atoms with Gasteiger partial charge in [0.05, 0.1) is 16.9 Å². The summed E-state index contributed by atoms with van der Waals surface area (Å²) in [7, 11) is 1.67. The number of amides is 1. The fourth-order valence-electron chi connectivity index (χ4n) is 1.76. The lowest BCUT2D eigenvalue weighted by Crippen LogP contribution is -2.30. The average molecular weight is 502 g/mol. The molecule has 1 heterocycles. The lowest BCUT2D eigenvalue weighted by molar-refractivity contribution is -0.0605. The molecule has 0 atom stereocenters. The van der Waals surface area contributed by atoms with Crippen LogP contribution in [0.2, 0.25) is 0 Å². The Labute approximate surface area is 196 Å². The first-order valence-corrected chi connectivity index (χ1v) is 11.1. The van der Waals surface area contributed by atoms with Gasteiger partial charge in [-0.25, -0.2) is 5.43 Å². The number of Topliss-reactive ketones (excluding diaryl/α,β-unsaturated/α-hetero) is 1. The molecular weight excluding hydrogens is 476 g/mol. The van der Waals surface area contributed by atoms with E-state index in [0.717, 1.165) is 11.3 Å². The van der Waals surface area contributed by atoms with E-state index in [2.05, 4.69) is 24.0 Å². The maximum absolute atomic E-state index is 13.0. The van der Waals surface area contributed by atoms with Crippen LogP contribution in [0, 0.1) is 0 Å². The van der Waals surface area contributed by atoms with Crippen LogP contribution >= 0.6 is 19.8 Å². The number of alkyl halides is 3. The summed E-state index contributed by atoms with van der Waals surface area (Å²) in [4.78, 5) is 23.9. The number of para-hydroxylation sites is 1. The molecule has 1 amide bonds. The maximum atomic E-state index is 13.0. The predicted molar refractivity (Wildman–Crippen MR) is 129 cm³/mol. The van der Waals surface area contributed by atoms with Gasteiger partial charge in [-0.3, -0.25) is 14.2 Å². The summed E-state index contributed by atoms with van der Waals surface area (Å²) in [6.07, 6.45) is -2.53. The SMILES string of the molecule is C=CC=C.CN.CP=O.Nc1ccccc1C(=O)N/N=C(/CC(=O)c1cccs1)C(F)(F)F. The zero-order valence-corrected chi connectivity index (χ0v) is 19.8. The Morgan fingerprint density at radius 3 is 2.12 bits per heavy atom. The van der Waals surface area contributed by atoms with Crippen LogP contribution in [0.5, 0.6) is 0 Å². The molecule has 2 aromatic rings. The molecule has 12 heteroatoms. The predicted octanol–water partition coefficient (Wildman–Crippen LogP) is 5.09. The summed E-state index contributed by atoms with van der Waals surface area (Å²) in [5.74, 6) is -1.62. The quantitative estimate of drug-likeness (QED) is 0.127. The first kappa shape index (κ1) is 32.0. The Bertz CT molecular complexity index is 912. The Morgan fingerprint density at radius 2 is 1.70 bits per heavy atom. The number of anilines is 1. The van der Waals surface area contributed by atoms with Gasteiger partial charge in [0, 0.05) is 12.4 Å². The molecular formula is C21H26F3N4O3PS. The van der Waals surface area contributed by atoms with Crippen molar-refractivity contribution in [1.29, 1.82) is 0 Å². The van der Waals surface area contributed by atoms with Crippen molar-refractivity contribution in [2.24, 2.45) is 10.8 Å². The molecule has 0 unspecified atom stereocenters. The Morgan fingerprint density at radius 1 is 1.15 bits per heavy atom. The van der Waals surface area contributed by atoms with Crippen LogP contribution in [0.15, 0.2) is 72.2 Å². The zero-order valence-electron chi connectivity index (χ0n) is 18.1. The summed E-state index contributed by atoms with van der Waals surface area (Å²) in [5.41, 5.74) is 10.6. The van der Waals surface area contributed by atoms with E-state index < -0.39 is 30.0 Å². The van der Waals surface area contributed by atoms with Crippen LogP contribution in [-0.2, 0) is 4.57 Å². The smallest absolute Gasteiger partial charge is 0.398 e. The highest BCUT2D eigenvalue weighted by atomic mass is 32.1. The molecule has 0 aliphatic heterocycles. The number of nitrogen functional groups attached to an aromatic ring is 1. The first-order chi connectivity index (χ1) is 15.6. The van der Waals surface area contributed by atoms with Gasteiger partial charge in [-0.15, -0.1) is 11.3 Å². The fraction of sp³-hybridized carbons (Fsp3) is 0.190. The third kappa shape index (κ3) is 13.8. The van der Waals surface area contributed by atoms with Crippen molar-refractivity contribution >= 4 is 42.9 Å². The number of carbonyl (C=O) groups is 2. The second kappa shape index (κ2) is 18.4. The number of hydrogen-bond donors (Lipinski definition) is 3. The molecule has 1 aromatic heterocycles. The molecule has 0 aliphatic rings. The highest BCUT2D eigenvalue weighted by molar-refractivity contribution is 7.22. The molecule has 5 N–H and O–H groups in total. The topological polar surface area (TPSA) is 128 Å². The number of benzene rings is 1. The van der Waals surface area contributed by atoms with Gasteiger partial charge in [-0.1, -0.05) is 43.5 Å². The van der Waals surface area contributed by atoms with Crippen molar-refractivity contribution in [2.45, 2.75) is 12.6 Å². The van der Waals surface area contributed by atoms with Gasteiger partial charge in [0.15, 0.2) is 14.2 Å². The number of carbonyl (C=O) groups excluding carboxylic acids is 2. The van der Waals surface area contributed by atoms with Gasteiger partial charge in [0.2, 0.25) is 0 Å². The number of ketones is 1. The van der Waals surface area contributed by atoms with Crippen molar-refractivity contribution in [2.75, 3.05) is 19.4 Å². The van der Waals surface area contributed by atoms with Crippen LogP contribution in [0.3, 0.4) is 0 Å². The monoisotopic (exact) mass is 502 g/mol. The van der Waals surface area contributed by atoms with Gasteiger partial charge >= 0.3 is 6.18 Å². The number of thiophene rings is 1. The molecule has 0 aliphatic carbocycles. The number of nitrogens with zero attached hydrogens (tertiary/aromatic N) is 1. The summed E-state index contributed by atoms with van der Waals surface area (Å²) in [5, 5.41) is 4.66. The van der Waals surface area contributed by atoms with Crippen LogP contribution in [0.4, 0.5) is 18.9 Å². The number of nitrogens with two attached hydrogens (primary N) is 2.